The van der Waals surface area contributed by atoms with Gasteiger partial charge in [-0.1, -0.05) is 20.8 Å². The first-order valence-electron chi connectivity index (χ1n) is 7.50. The summed E-state index contributed by atoms with van der Waals surface area (Å²) >= 11 is 0. The maximum atomic E-state index is 9.01. The number of β-amino-alcohol motifs (C(OH)–C–C–N with tert-alkyl or cyclic N) is 1. The molecule has 5 heteroatoms. The van der Waals surface area contributed by atoms with Gasteiger partial charge in [-0.15, -0.1) is 0 Å². The molecule has 0 bridgehead atoms. The van der Waals surface area contributed by atoms with E-state index in [2.05, 4.69) is 35.6 Å². The highest BCUT2D eigenvalue weighted by Gasteiger charge is 2.21. The third-order valence-electron chi connectivity index (χ3n) is 3.75. The molecule has 2 rings (SSSR count). The fraction of sp³-hybridized carbons (Fsp3) is 0.800. The topological polar surface area (TPSA) is 52.7 Å². The summed E-state index contributed by atoms with van der Waals surface area (Å²) in [6.07, 6.45) is 2.98. The van der Waals surface area contributed by atoms with Crippen molar-refractivity contribution in [3.05, 3.63) is 17.8 Å². The van der Waals surface area contributed by atoms with Crippen molar-refractivity contribution in [3.63, 3.8) is 0 Å². The molecule has 1 saturated heterocycles. The van der Waals surface area contributed by atoms with Gasteiger partial charge in [0.2, 0.25) is 5.89 Å². The minimum absolute atomic E-state index is 0.0158. The molecule has 0 aromatic carbocycles. The molecule has 1 N–H and O–H groups in total. The molecular weight excluding hydrogens is 254 g/mol. The van der Waals surface area contributed by atoms with Gasteiger partial charge in [-0.05, 0) is 19.5 Å². The molecule has 0 amide bonds. The van der Waals surface area contributed by atoms with Crippen molar-refractivity contribution in [3.8, 4) is 0 Å². The molecule has 0 unspecified atom stereocenters. The van der Waals surface area contributed by atoms with Crippen molar-refractivity contribution >= 4 is 0 Å². The van der Waals surface area contributed by atoms with Crippen molar-refractivity contribution in [2.75, 3.05) is 39.3 Å². The van der Waals surface area contributed by atoms with E-state index >= 15 is 0 Å². The molecule has 5 nitrogen and oxygen atoms in total. The molecule has 0 atom stereocenters. The van der Waals surface area contributed by atoms with E-state index in [1.807, 2.05) is 6.20 Å². The lowest BCUT2D eigenvalue weighted by Crippen LogP contribution is -2.32. The van der Waals surface area contributed by atoms with Crippen LogP contribution in [0.15, 0.2) is 10.6 Å². The lowest BCUT2D eigenvalue weighted by atomic mass is 9.94. The Kier molecular flexibility index (Phi) is 5.18. The van der Waals surface area contributed by atoms with Gasteiger partial charge in [0.15, 0.2) is 0 Å². The summed E-state index contributed by atoms with van der Waals surface area (Å²) < 4.78 is 5.86. The van der Waals surface area contributed by atoms with Gasteiger partial charge >= 0.3 is 0 Å². The van der Waals surface area contributed by atoms with Crippen LogP contribution in [0.1, 0.15) is 38.8 Å². The van der Waals surface area contributed by atoms with Crippen LogP contribution >= 0.6 is 0 Å². The van der Waals surface area contributed by atoms with Crippen LogP contribution in [0.25, 0.3) is 0 Å². The zero-order valence-corrected chi connectivity index (χ0v) is 12.9. The Bertz CT molecular complexity index is 411. The summed E-state index contributed by atoms with van der Waals surface area (Å²) in [6.45, 7) is 12.4. The van der Waals surface area contributed by atoms with Crippen LogP contribution in [-0.2, 0) is 12.0 Å². The summed E-state index contributed by atoms with van der Waals surface area (Å²) in [5.41, 5.74) is 0.0158. The Balaban J connectivity index is 1.88. The summed E-state index contributed by atoms with van der Waals surface area (Å²) in [4.78, 5) is 9.10. The lowest BCUT2D eigenvalue weighted by molar-refractivity contribution is 0.192. The van der Waals surface area contributed by atoms with Crippen molar-refractivity contribution in [1.29, 1.82) is 0 Å². The number of rotatable bonds is 4. The van der Waals surface area contributed by atoms with E-state index in [1.165, 1.54) is 0 Å². The van der Waals surface area contributed by atoms with E-state index in [1.54, 1.807) is 0 Å². The molecule has 0 aliphatic carbocycles. The fourth-order valence-electron chi connectivity index (χ4n) is 2.47. The van der Waals surface area contributed by atoms with Gasteiger partial charge in [-0.25, -0.2) is 4.98 Å². The van der Waals surface area contributed by atoms with E-state index < -0.39 is 0 Å². The minimum Gasteiger partial charge on any atom is -0.444 e. The normalized spacial score (nSPS) is 19.2. The monoisotopic (exact) mass is 281 g/mol. The van der Waals surface area contributed by atoms with Crippen molar-refractivity contribution in [2.24, 2.45) is 0 Å². The molecule has 1 aliphatic rings. The molecule has 1 aromatic heterocycles. The van der Waals surface area contributed by atoms with Gasteiger partial charge in [0.1, 0.15) is 5.76 Å². The maximum Gasteiger partial charge on any atom is 0.208 e. The number of hydrogen-bond donors (Lipinski definition) is 1. The first-order valence-corrected chi connectivity index (χ1v) is 7.50. The Hall–Kier alpha value is -0.910. The summed E-state index contributed by atoms with van der Waals surface area (Å²) in [5.74, 6) is 1.76. The SMILES string of the molecule is CC(C)(C)c1cnc(CN2CCCN(CCO)CC2)o1. The first-order chi connectivity index (χ1) is 9.49. The molecule has 0 radical (unpaired) electrons. The number of aromatic nitrogens is 1. The van der Waals surface area contributed by atoms with Gasteiger partial charge in [-0.3, -0.25) is 9.80 Å². The number of oxazole rings is 1. The number of nitrogens with zero attached hydrogens (tertiary/aromatic N) is 3. The van der Waals surface area contributed by atoms with Gasteiger partial charge in [-0.2, -0.15) is 0 Å². The first kappa shape index (κ1) is 15.5. The lowest BCUT2D eigenvalue weighted by Gasteiger charge is -2.20. The molecule has 1 aromatic rings. The quantitative estimate of drug-likeness (QED) is 0.906. The van der Waals surface area contributed by atoms with Gasteiger partial charge in [0.25, 0.3) is 0 Å². The molecule has 0 saturated carbocycles. The zero-order chi connectivity index (χ0) is 14.6. The van der Waals surface area contributed by atoms with Crippen LogP contribution in [0.5, 0.6) is 0 Å². The average Bonchev–Trinajstić information content (AvgIpc) is 2.73. The van der Waals surface area contributed by atoms with Gasteiger partial charge < -0.3 is 9.52 Å². The van der Waals surface area contributed by atoms with Crippen molar-refractivity contribution in [2.45, 2.75) is 39.2 Å². The van der Waals surface area contributed by atoms with Crippen LogP contribution in [0.2, 0.25) is 0 Å². The third-order valence-corrected chi connectivity index (χ3v) is 3.75. The van der Waals surface area contributed by atoms with E-state index in [0.717, 1.165) is 57.3 Å². The molecule has 20 heavy (non-hydrogen) atoms. The highest BCUT2D eigenvalue weighted by molar-refractivity contribution is 5.06. The third kappa shape index (κ3) is 4.30. The average molecular weight is 281 g/mol. The molecule has 1 aliphatic heterocycles. The minimum atomic E-state index is 0.0158. The number of aliphatic hydroxyl groups is 1. The van der Waals surface area contributed by atoms with E-state index in [0.29, 0.717) is 0 Å². The molecule has 2 heterocycles. The summed E-state index contributed by atoms with van der Waals surface area (Å²) in [5, 5.41) is 9.01. The van der Waals surface area contributed by atoms with Crippen LogP contribution in [0.3, 0.4) is 0 Å². The van der Waals surface area contributed by atoms with Gasteiger partial charge in [0, 0.05) is 25.0 Å². The number of hydrogen-bond acceptors (Lipinski definition) is 5. The van der Waals surface area contributed by atoms with E-state index in [-0.39, 0.29) is 12.0 Å². The predicted octanol–water partition coefficient (Wildman–Crippen LogP) is 1.47. The van der Waals surface area contributed by atoms with E-state index in [9.17, 15) is 0 Å². The maximum absolute atomic E-state index is 9.01. The molecular formula is C15H27N3O2. The fourth-order valence-corrected chi connectivity index (χ4v) is 2.47. The van der Waals surface area contributed by atoms with Crippen molar-refractivity contribution < 1.29 is 9.52 Å². The second kappa shape index (κ2) is 6.70. The van der Waals surface area contributed by atoms with Gasteiger partial charge in [0.05, 0.1) is 19.3 Å². The Morgan fingerprint density at radius 3 is 2.55 bits per heavy atom. The standard InChI is InChI=1S/C15H27N3O2/c1-15(2,3)13-11-16-14(20-13)12-18-6-4-5-17(7-8-18)9-10-19/h11,19H,4-10,12H2,1-3H3. The Morgan fingerprint density at radius 2 is 1.90 bits per heavy atom. The zero-order valence-electron chi connectivity index (χ0n) is 12.9. The smallest absolute Gasteiger partial charge is 0.208 e. The van der Waals surface area contributed by atoms with Crippen molar-refractivity contribution in [1.82, 2.24) is 14.8 Å². The Labute approximate surface area is 121 Å². The highest BCUT2D eigenvalue weighted by Crippen LogP contribution is 2.23. The van der Waals surface area contributed by atoms with Crippen LogP contribution in [0, 0.1) is 0 Å². The largest absolute Gasteiger partial charge is 0.444 e. The van der Waals surface area contributed by atoms with Crippen LogP contribution < -0.4 is 0 Å². The molecule has 114 valence electrons. The summed E-state index contributed by atoms with van der Waals surface area (Å²) in [7, 11) is 0. The Morgan fingerprint density at radius 1 is 1.20 bits per heavy atom. The van der Waals surface area contributed by atoms with Crippen LogP contribution in [-0.4, -0.2) is 59.2 Å². The number of aliphatic hydroxyl groups excluding tert-OH is 1. The highest BCUT2D eigenvalue weighted by atomic mass is 16.4. The second-order valence-electron chi connectivity index (χ2n) is 6.56. The molecule has 0 spiro atoms. The van der Waals surface area contributed by atoms with Crippen LogP contribution in [0.4, 0.5) is 0 Å². The van der Waals surface area contributed by atoms with E-state index in [4.69, 9.17) is 9.52 Å². The molecule has 1 fully saturated rings. The predicted molar refractivity (Wildman–Crippen MR) is 78.6 cm³/mol. The second-order valence-corrected chi connectivity index (χ2v) is 6.56. The summed E-state index contributed by atoms with van der Waals surface area (Å²) in [6, 6.07) is 0.